The normalized spacial score (nSPS) is 13.8. The summed E-state index contributed by atoms with van der Waals surface area (Å²) in [7, 11) is 0. The highest BCUT2D eigenvalue weighted by Crippen LogP contribution is 2.17. The Kier molecular flexibility index (Phi) is 4.19. The number of carbonyl (C=O) groups excluding carboxylic acids is 1. The summed E-state index contributed by atoms with van der Waals surface area (Å²) in [5, 5.41) is 8.34. The molecule has 0 aromatic heterocycles. The summed E-state index contributed by atoms with van der Waals surface area (Å²) in [6, 6.07) is 8.73. The van der Waals surface area contributed by atoms with E-state index in [1.165, 1.54) is 6.92 Å². The first kappa shape index (κ1) is 13.1. The lowest BCUT2D eigenvalue weighted by atomic mass is 9.93. The van der Waals surface area contributed by atoms with Gasteiger partial charge in [0, 0.05) is 0 Å². The Labute approximate surface area is 98.3 Å². The fourth-order valence-electron chi connectivity index (χ4n) is 1.18. The van der Waals surface area contributed by atoms with E-state index < -0.39 is 24.0 Å². The molecule has 0 fully saturated rings. The molecule has 0 aliphatic heterocycles. The minimum atomic E-state index is -1.28. The number of carboxylic acids is 1. The first-order chi connectivity index (χ1) is 7.94. The second-order valence-corrected chi connectivity index (χ2v) is 3.68. The zero-order valence-corrected chi connectivity index (χ0v) is 9.34. The van der Waals surface area contributed by atoms with Crippen LogP contribution in [0.3, 0.4) is 0 Å². The number of nitrogens with one attached hydrogen (secondary N) is 1. The van der Waals surface area contributed by atoms with Crippen LogP contribution in [-0.2, 0) is 20.0 Å². The van der Waals surface area contributed by atoms with Crippen molar-refractivity contribution in [1.29, 1.82) is 0 Å². The van der Waals surface area contributed by atoms with Crippen LogP contribution in [0, 0.1) is 0 Å². The average molecular weight is 238 g/mol. The number of amides is 1. The van der Waals surface area contributed by atoms with Crippen molar-refractivity contribution in [3.05, 3.63) is 35.9 Å². The zero-order valence-electron chi connectivity index (χ0n) is 9.34. The quantitative estimate of drug-likeness (QED) is 0.626. The summed E-state index contributed by atoms with van der Waals surface area (Å²) in [6.07, 6.45) is 0. The molecule has 0 aliphatic carbocycles. The zero-order chi connectivity index (χ0) is 12.9. The molecule has 0 heterocycles. The standard InChI is InChI=1S/C11H14N2O4/c1-11(12,8-5-3-2-4-6-8)10(16)13-17-7-9(14)15/h2-6H,7,12H2,1H3,(H,13,16)(H,14,15). The van der Waals surface area contributed by atoms with Crippen LogP contribution in [-0.4, -0.2) is 23.6 Å². The van der Waals surface area contributed by atoms with E-state index in [-0.39, 0.29) is 0 Å². The number of carboxylic acid groups (broad SMARTS) is 1. The summed E-state index contributed by atoms with van der Waals surface area (Å²) in [5.74, 6) is -1.78. The monoisotopic (exact) mass is 238 g/mol. The van der Waals surface area contributed by atoms with Crippen LogP contribution in [0.5, 0.6) is 0 Å². The highest BCUT2D eigenvalue weighted by atomic mass is 16.7. The van der Waals surface area contributed by atoms with Crippen LogP contribution in [0.15, 0.2) is 30.3 Å². The lowest BCUT2D eigenvalue weighted by molar-refractivity contribution is -0.151. The molecule has 0 bridgehead atoms. The fourth-order valence-corrected chi connectivity index (χ4v) is 1.18. The number of rotatable bonds is 5. The Morgan fingerprint density at radius 3 is 2.53 bits per heavy atom. The van der Waals surface area contributed by atoms with Crippen molar-refractivity contribution < 1.29 is 19.5 Å². The first-order valence-electron chi connectivity index (χ1n) is 4.93. The number of benzene rings is 1. The number of nitrogens with two attached hydrogens (primary N) is 1. The van der Waals surface area contributed by atoms with Gasteiger partial charge in [-0.15, -0.1) is 0 Å². The lowest BCUT2D eigenvalue weighted by Crippen LogP contribution is -2.49. The van der Waals surface area contributed by atoms with E-state index in [0.717, 1.165) is 0 Å². The lowest BCUT2D eigenvalue weighted by Gasteiger charge is -2.23. The average Bonchev–Trinajstić information content (AvgIpc) is 2.29. The minimum Gasteiger partial charge on any atom is -0.479 e. The van der Waals surface area contributed by atoms with Crippen LogP contribution >= 0.6 is 0 Å². The Hall–Kier alpha value is -1.92. The van der Waals surface area contributed by atoms with E-state index in [0.29, 0.717) is 5.56 Å². The van der Waals surface area contributed by atoms with Crippen LogP contribution < -0.4 is 11.2 Å². The Bertz CT molecular complexity index is 403. The van der Waals surface area contributed by atoms with Crippen LogP contribution in [0.25, 0.3) is 0 Å². The van der Waals surface area contributed by atoms with E-state index in [1.807, 2.05) is 5.48 Å². The number of aliphatic carboxylic acids is 1. The molecule has 0 saturated carbocycles. The molecule has 1 unspecified atom stereocenters. The second-order valence-electron chi connectivity index (χ2n) is 3.68. The number of hydrogen-bond donors (Lipinski definition) is 3. The molecular formula is C11H14N2O4. The number of hydrogen-bond acceptors (Lipinski definition) is 4. The first-order valence-corrected chi connectivity index (χ1v) is 4.93. The maximum Gasteiger partial charge on any atom is 0.332 e. The minimum absolute atomic E-state index is 0.607. The summed E-state index contributed by atoms with van der Waals surface area (Å²) in [4.78, 5) is 26.4. The topological polar surface area (TPSA) is 102 Å². The van der Waals surface area contributed by atoms with Crippen molar-refractivity contribution >= 4 is 11.9 Å². The molecule has 92 valence electrons. The van der Waals surface area contributed by atoms with Gasteiger partial charge in [-0.05, 0) is 12.5 Å². The summed E-state index contributed by atoms with van der Waals surface area (Å²) >= 11 is 0. The summed E-state index contributed by atoms with van der Waals surface area (Å²) in [5.41, 5.74) is 7.20. The Morgan fingerprint density at radius 2 is 2.00 bits per heavy atom. The van der Waals surface area contributed by atoms with Crippen molar-refractivity contribution in [3.8, 4) is 0 Å². The van der Waals surface area contributed by atoms with E-state index in [4.69, 9.17) is 10.8 Å². The molecule has 4 N–H and O–H groups in total. The molecule has 17 heavy (non-hydrogen) atoms. The third kappa shape index (κ3) is 3.54. The summed E-state index contributed by atoms with van der Waals surface area (Å²) < 4.78 is 0. The predicted octanol–water partition coefficient (Wildman–Crippen LogP) is -0.00710. The largest absolute Gasteiger partial charge is 0.479 e. The van der Waals surface area contributed by atoms with Gasteiger partial charge in [-0.2, -0.15) is 0 Å². The molecule has 0 spiro atoms. The van der Waals surface area contributed by atoms with Crippen molar-refractivity contribution in [1.82, 2.24) is 5.48 Å². The highest BCUT2D eigenvalue weighted by Gasteiger charge is 2.30. The third-order valence-corrected chi connectivity index (χ3v) is 2.21. The van der Waals surface area contributed by atoms with Crippen LogP contribution in [0.2, 0.25) is 0 Å². The molecule has 0 aliphatic rings. The highest BCUT2D eigenvalue weighted by molar-refractivity contribution is 5.86. The molecule has 1 rings (SSSR count). The molecule has 0 saturated heterocycles. The fraction of sp³-hybridized carbons (Fsp3) is 0.273. The van der Waals surface area contributed by atoms with Gasteiger partial charge in [-0.3, -0.25) is 9.63 Å². The SMILES string of the molecule is CC(N)(C(=O)NOCC(=O)O)c1ccccc1. The van der Waals surface area contributed by atoms with Gasteiger partial charge in [-0.1, -0.05) is 30.3 Å². The van der Waals surface area contributed by atoms with E-state index in [2.05, 4.69) is 4.84 Å². The van der Waals surface area contributed by atoms with Crippen LogP contribution in [0.1, 0.15) is 12.5 Å². The number of hydroxylamine groups is 1. The van der Waals surface area contributed by atoms with Crippen molar-refractivity contribution in [2.75, 3.05) is 6.61 Å². The second kappa shape index (κ2) is 5.42. The molecule has 1 aromatic carbocycles. The van der Waals surface area contributed by atoms with Gasteiger partial charge in [0.1, 0.15) is 5.54 Å². The Morgan fingerprint density at radius 1 is 1.41 bits per heavy atom. The Balaban J connectivity index is 2.64. The molecule has 1 amide bonds. The van der Waals surface area contributed by atoms with Gasteiger partial charge >= 0.3 is 5.97 Å². The van der Waals surface area contributed by atoms with Gasteiger partial charge < -0.3 is 10.8 Å². The van der Waals surface area contributed by atoms with E-state index in [9.17, 15) is 9.59 Å². The van der Waals surface area contributed by atoms with E-state index >= 15 is 0 Å². The molecular weight excluding hydrogens is 224 g/mol. The molecule has 6 nitrogen and oxygen atoms in total. The van der Waals surface area contributed by atoms with Gasteiger partial charge in [0.15, 0.2) is 6.61 Å². The molecule has 6 heteroatoms. The van der Waals surface area contributed by atoms with Crippen molar-refractivity contribution in [3.63, 3.8) is 0 Å². The third-order valence-electron chi connectivity index (χ3n) is 2.21. The summed E-state index contributed by atoms with van der Waals surface area (Å²) in [6.45, 7) is 0.901. The van der Waals surface area contributed by atoms with Gasteiger partial charge in [0.2, 0.25) is 0 Å². The molecule has 1 aromatic rings. The predicted molar refractivity (Wildman–Crippen MR) is 59.7 cm³/mol. The van der Waals surface area contributed by atoms with Gasteiger partial charge in [-0.25, -0.2) is 10.3 Å². The van der Waals surface area contributed by atoms with Crippen molar-refractivity contribution in [2.24, 2.45) is 5.73 Å². The van der Waals surface area contributed by atoms with Gasteiger partial charge in [0.05, 0.1) is 0 Å². The molecule has 0 radical (unpaired) electrons. The van der Waals surface area contributed by atoms with Crippen LogP contribution in [0.4, 0.5) is 0 Å². The van der Waals surface area contributed by atoms with Gasteiger partial charge in [0.25, 0.3) is 5.91 Å². The molecule has 1 atom stereocenters. The smallest absolute Gasteiger partial charge is 0.332 e. The number of carbonyl (C=O) groups is 2. The maximum atomic E-state index is 11.7. The van der Waals surface area contributed by atoms with Crippen molar-refractivity contribution in [2.45, 2.75) is 12.5 Å². The maximum absolute atomic E-state index is 11.7. The van der Waals surface area contributed by atoms with E-state index in [1.54, 1.807) is 30.3 Å².